The summed E-state index contributed by atoms with van der Waals surface area (Å²) in [6.45, 7) is 10.8. The van der Waals surface area contributed by atoms with Crippen LogP contribution in [0.2, 0.25) is 0 Å². The van der Waals surface area contributed by atoms with Crippen LogP contribution in [0.4, 0.5) is 0 Å². The lowest BCUT2D eigenvalue weighted by atomic mass is 9.74. The second-order valence-corrected chi connectivity index (χ2v) is 6.40. The summed E-state index contributed by atoms with van der Waals surface area (Å²) in [6.07, 6.45) is 8.68. The Kier molecular flexibility index (Phi) is 5.50. The molecule has 0 radical (unpaired) electrons. The molecule has 106 valence electrons. The maximum Gasteiger partial charge on any atom is 0.0221 e. The van der Waals surface area contributed by atoms with Crippen molar-refractivity contribution in [3.8, 4) is 0 Å². The van der Waals surface area contributed by atoms with Crippen molar-refractivity contribution in [2.45, 2.75) is 71.4 Å². The predicted molar refractivity (Wildman–Crippen MR) is 78.9 cm³/mol. The first kappa shape index (κ1) is 14.3. The van der Waals surface area contributed by atoms with Gasteiger partial charge in [0.05, 0.1) is 0 Å². The first-order chi connectivity index (χ1) is 8.76. The molecule has 0 bridgehead atoms. The van der Waals surface area contributed by atoms with E-state index in [-0.39, 0.29) is 0 Å². The fourth-order valence-corrected chi connectivity index (χ4v) is 4.17. The van der Waals surface area contributed by atoms with Crippen LogP contribution in [-0.2, 0) is 0 Å². The van der Waals surface area contributed by atoms with Gasteiger partial charge in [-0.1, -0.05) is 33.1 Å². The van der Waals surface area contributed by atoms with Gasteiger partial charge in [0.2, 0.25) is 0 Å². The van der Waals surface area contributed by atoms with Crippen LogP contribution in [0, 0.1) is 11.8 Å². The summed E-state index contributed by atoms with van der Waals surface area (Å²) in [7, 11) is 0. The number of fused-ring (bicyclic) bond motifs is 1. The Labute approximate surface area is 114 Å². The second kappa shape index (κ2) is 6.91. The summed E-state index contributed by atoms with van der Waals surface area (Å²) >= 11 is 0. The van der Waals surface area contributed by atoms with Crippen LogP contribution in [0.25, 0.3) is 0 Å². The van der Waals surface area contributed by atoms with Crippen LogP contribution >= 0.6 is 0 Å². The molecule has 1 aliphatic carbocycles. The molecule has 2 heteroatoms. The molecule has 1 saturated heterocycles. The quantitative estimate of drug-likeness (QED) is 0.808. The maximum atomic E-state index is 3.66. The van der Waals surface area contributed by atoms with Gasteiger partial charge in [-0.3, -0.25) is 4.90 Å². The molecule has 2 rings (SSSR count). The third-order valence-corrected chi connectivity index (χ3v) is 5.39. The summed E-state index contributed by atoms with van der Waals surface area (Å²) in [5.41, 5.74) is 0. The first-order valence-corrected chi connectivity index (χ1v) is 8.23. The molecule has 0 amide bonds. The highest BCUT2D eigenvalue weighted by Crippen LogP contribution is 2.36. The van der Waals surface area contributed by atoms with Gasteiger partial charge in [0.15, 0.2) is 0 Å². The summed E-state index contributed by atoms with van der Waals surface area (Å²) in [5, 5.41) is 3.66. The van der Waals surface area contributed by atoms with Crippen molar-refractivity contribution in [1.82, 2.24) is 10.2 Å². The lowest BCUT2D eigenvalue weighted by Crippen LogP contribution is -2.53. The molecular formula is C16H32N2. The highest BCUT2D eigenvalue weighted by atomic mass is 15.2. The molecule has 2 aliphatic rings. The van der Waals surface area contributed by atoms with Gasteiger partial charge in [-0.05, 0) is 51.1 Å². The van der Waals surface area contributed by atoms with Gasteiger partial charge in [-0.25, -0.2) is 0 Å². The average molecular weight is 252 g/mol. The number of hydrogen-bond donors (Lipinski definition) is 1. The van der Waals surface area contributed by atoms with Crippen molar-refractivity contribution in [3.63, 3.8) is 0 Å². The van der Waals surface area contributed by atoms with Crippen LogP contribution in [0.5, 0.6) is 0 Å². The monoisotopic (exact) mass is 252 g/mol. The highest BCUT2D eigenvalue weighted by Gasteiger charge is 2.34. The van der Waals surface area contributed by atoms with Crippen molar-refractivity contribution >= 4 is 0 Å². The second-order valence-electron chi connectivity index (χ2n) is 6.40. The smallest absolute Gasteiger partial charge is 0.0221 e. The number of likely N-dealkylation sites (N-methyl/N-ethyl adjacent to an activating group) is 1. The number of piperidine rings is 1. The lowest BCUT2D eigenvalue weighted by molar-refractivity contribution is 0.0491. The van der Waals surface area contributed by atoms with Crippen molar-refractivity contribution in [1.29, 1.82) is 0 Å². The third kappa shape index (κ3) is 3.27. The van der Waals surface area contributed by atoms with E-state index in [0.717, 1.165) is 18.4 Å². The Morgan fingerprint density at radius 3 is 2.50 bits per heavy atom. The molecule has 0 aromatic carbocycles. The van der Waals surface area contributed by atoms with Gasteiger partial charge in [-0.15, -0.1) is 0 Å². The summed E-state index contributed by atoms with van der Waals surface area (Å²) < 4.78 is 0. The molecule has 1 aliphatic heterocycles. The third-order valence-electron chi connectivity index (χ3n) is 5.39. The van der Waals surface area contributed by atoms with Crippen LogP contribution in [0.1, 0.15) is 59.3 Å². The summed E-state index contributed by atoms with van der Waals surface area (Å²) in [5.74, 6) is 2.07. The molecule has 2 fully saturated rings. The van der Waals surface area contributed by atoms with Gasteiger partial charge in [0.25, 0.3) is 0 Å². The standard InChI is InChI=1S/C16H32N2/c1-4-16(17-5-2)13(3)18-11-10-14-8-6-7-9-15(14)12-18/h13-17H,4-12H2,1-3H3. The highest BCUT2D eigenvalue weighted by molar-refractivity contribution is 4.88. The Bertz CT molecular complexity index is 241. The normalized spacial score (nSPS) is 32.8. The average Bonchev–Trinajstić information content (AvgIpc) is 2.43. The van der Waals surface area contributed by atoms with Crippen molar-refractivity contribution in [2.24, 2.45) is 11.8 Å². The molecule has 0 aromatic heterocycles. The Morgan fingerprint density at radius 2 is 1.83 bits per heavy atom. The Morgan fingerprint density at radius 1 is 1.11 bits per heavy atom. The van der Waals surface area contributed by atoms with E-state index in [1.165, 1.54) is 51.6 Å². The molecule has 0 spiro atoms. The molecule has 0 aromatic rings. The van der Waals surface area contributed by atoms with E-state index in [0.29, 0.717) is 12.1 Å². The molecule has 2 nitrogen and oxygen atoms in total. The predicted octanol–water partition coefficient (Wildman–Crippen LogP) is 3.28. The van der Waals surface area contributed by atoms with Gasteiger partial charge in [0.1, 0.15) is 0 Å². The van der Waals surface area contributed by atoms with Gasteiger partial charge >= 0.3 is 0 Å². The zero-order valence-electron chi connectivity index (χ0n) is 12.6. The van der Waals surface area contributed by atoms with Gasteiger partial charge in [-0.2, -0.15) is 0 Å². The Hall–Kier alpha value is -0.0800. The Balaban J connectivity index is 1.88. The molecule has 1 heterocycles. The van der Waals surface area contributed by atoms with Gasteiger partial charge < -0.3 is 5.32 Å². The first-order valence-electron chi connectivity index (χ1n) is 8.23. The van der Waals surface area contributed by atoms with Crippen LogP contribution in [0.15, 0.2) is 0 Å². The fraction of sp³-hybridized carbons (Fsp3) is 1.00. The lowest BCUT2D eigenvalue weighted by Gasteiger charge is -2.45. The molecule has 1 saturated carbocycles. The van der Waals surface area contributed by atoms with E-state index >= 15 is 0 Å². The molecule has 4 atom stereocenters. The zero-order chi connectivity index (χ0) is 13.0. The minimum atomic E-state index is 0.676. The zero-order valence-corrected chi connectivity index (χ0v) is 12.6. The van der Waals surface area contributed by atoms with Gasteiger partial charge in [0, 0.05) is 18.6 Å². The van der Waals surface area contributed by atoms with E-state index in [1.807, 2.05) is 0 Å². The van der Waals surface area contributed by atoms with Crippen LogP contribution in [-0.4, -0.2) is 36.6 Å². The molecule has 18 heavy (non-hydrogen) atoms. The largest absolute Gasteiger partial charge is 0.313 e. The minimum Gasteiger partial charge on any atom is -0.313 e. The van der Waals surface area contributed by atoms with Crippen molar-refractivity contribution in [3.05, 3.63) is 0 Å². The van der Waals surface area contributed by atoms with E-state index < -0.39 is 0 Å². The number of hydrogen-bond acceptors (Lipinski definition) is 2. The molecule has 4 unspecified atom stereocenters. The number of rotatable bonds is 5. The SMILES string of the molecule is CCNC(CC)C(C)N1CCC2CCCCC2C1. The van der Waals surface area contributed by atoms with E-state index in [1.54, 1.807) is 0 Å². The van der Waals surface area contributed by atoms with Crippen LogP contribution in [0.3, 0.4) is 0 Å². The van der Waals surface area contributed by atoms with Crippen molar-refractivity contribution in [2.75, 3.05) is 19.6 Å². The van der Waals surface area contributed by atoms with Crippen LogP contribution < -0.4 is 5.32 Å². The van der Waals surface area contributed by atoms with Crippen molar-refractivity contribution < 1.29 is 0 Å². The number of nitrogens with one attached hydrogen (secondary N) is 1. The summed E-state index contributed by atoms with van der Waals surface area (Å²) in [4.78, 5) is 2.77. The molecular weight excluding hydrogens is 220 g/mol. The fourth-order valence-electron chi connectivity index (χ4n) is 4.17. The van der Waals surface area contributed by atoms with E-state index in [2.05, 4.69) is 31.0 Å². The summed E-state index contributed by atoms with van der Waals surface area (Å²) in [6, 6.07) is 1.38. The molecule has 1 N–H and O–H groups in total. The van der Waals surface area contributed by atoms with E-state index in [9.17, 15) is 0 Å². The topological polar surface area (TPSA) is 15.3 Å². The number of nitrogens with zero attached hydrogens (tertiary/aromatic N) is 1. The van der Waals surface area contributed by atoms with E-state index in [4.69, 9.17) is 0 Å². The minimum absolute atomic E-state index is 0.676. The number of likely N-dealkylation sites (tertiary alicyclic amines) is 1. The maximum absolute atomic E-state index is 3.66.